The third-order valence-corrected chi connectivity index (χ3v) is 4.90. The Labute approximate surface area is 129 Å². The standard InChI is InChI=1S/C16H12N2OS2/c1-10-17-12(8-20-10)7-16-18-13(9-21-16)15-6-11-4-2-3-5-14(11)19-15/h2-6,8-9H,7H2,1H3. The van der Waals surface area contributed by atoms with Gasteiger partial charge >= 0.3 is 0 Å². The fourth-order valence-electron chi connectivity index (χ4n) is 2.26. The van der Waals surface area contributed by atoms with Crippen LogP contribution >= 0.6 is 22.7 Å². The predicted octanol–water partition coefficient (Wildman–Crippen LogP) is 4.91. The van der Waals surface area contributed by atoms with E-state index in [0.717, 1.165) is 44.6 Å². The number of hydrogen-bond acceptors (Lipinski definition) is 5. The van der Waals surface area contributed by atoms with Crippen LogP contribution in [0.25, 0.3) is 22.4 Å². The van der Waals surface area contributed by atoms with Crippen LogP contribution in [0.5, 0.6) is 0 Å². The van der Waals surface area contributed by atoms with Crippen molar-refractivity contribution >= 4 is 33.6 Å². The van der Waals surface area contributed by atoms with E-state index < -0.39 is 0 Å². The quantitative estimate of drug-likeness (QED) is 0.539. The van der Waals surface area contributed by atoms with Crippen molar-refractivity contribution in [2.24, 2.45) is 0 Å². The maximum absolute atomic E-state index is 5.85. The van der Waals surface area contributed by atoms with Crippen molar-refractivity contribution < 1.29 is 4.42 Å². The van der Waals surface area contributed by atoms with Crippen LogP contribution in [0.2, 0.25) is 0 Å². The number of para-hydroxylation sites is 1. The van der Waals surface area contributed by atoms with Gasteiger partial charge in [0.2, 0.25) is 0 Å². The second-order valence-corrected chi connectivity index (χ2v) is 6.81. The van der Waals surface area contributed by atoms with Gasteiger partial charge in [-0.3, -0.25) is 0 Å². The van der Waals surface area contributed by atoms with Gasteiger partial charge in [-0.1, -0.05) is 18.2 Å². The molecule has 0 N–H and O–H groups in total. The Morgan fingerprint density at radius 2 is 2.00 bits per heavy atom. The Balaban J connectivity index is 1.64. The fraction of sp³-hybridized carbons (Fsp3) is 0.125. The van der Waals surface area contributed by atoms with Crippen molar-refractivity contribution in [2.75, 3.05) is 0 Å². The molecule has 0 atom stereocenters. The highest BCUT2D eigenvalue weighted by molar-refractivity contribution is 7.10. The Morgan fingerprint density at radius 1 is 1.10 bits per heavy atom. The number of thiazole rings is 2. The molecule has 3 heterocycles. The van der Waals surface area contributed by atoms with Gasteiger partial charge in [0.25, 0.3) is 0 Å². The van der Waals surface area contributed by atoms with Gasteiger partial charge in [-0.15, -0.1) is 22.7 Å². The molecule has 3 aromatic heterocycles. The molecule has 0 saturated carbocycles. The molecular formula is C16H12N2OS2. The molecule has 0 bridgehead atoms. The number of fused-ring (bicyclic) bond motifs is 1. The number of aromatic nitrogens is 2. The van der Waals surface area contributed by atoms with Crippen molar-refractivity contribution in [1.29, 1.82) is 0 Å². The van der Waals surface area contributed by atoms with E-state index in [0.29, 0.717) is 0 Å². The molecule has 5 heteroatoms. The number of hydrogen-bond donors (Lipinski definition) is 0. The van der Waals surface area contributed by atoms with Crippen molar-refractivity contribution in [3.8, 4) is 11.5 Å². The molecule has 0 fully saturated rings. The zero-order chi connectivity index (χ0) is 14.2. The molecule has 0 aliphatic rings. The lowest BCUT2D eigenvalue weighted by Crippen LogP contribution is -1.87. The first-order valence-electron chi connectivity index (χ1n) is 6.62. The summed E-state index contributed by atoms with van der Waals surface area (Å²) in [7, 11) is 0. The van der Waals surface area contributed by atoms with Gasteiger partial charge in [0.1, 0.15) is 11.3 Å². The molecular weight excluding hydrogens is 300 g/mol. The second-order valence-electron chi connectivity index (χ2n) is 4.81. The number of rotatable bonds is 3. The lowest BCUT2D eigenvalue weighted by Gasteiger charge is -1.91. The fourth-order valence-corrected chi connectivity index (χ4v) is 3.67. The summed E-state index contributed by atoms with van der Waals surface area (Å²) in [5, 5.41) is 7.41. The number of aryl methyl sites for hydroxylation is 1. The van der Waals surface area contributed by atoms with Crippen LogP contribution < -0.4 is 0 Å². The highest BCUT2D eigenvalue weighted by Gasteiger charge is 2.11. The predicted molar refractivity (Wildman–Crippen MR) is 87.0 cm³/mol. The normalized spacial score (nSPS) is 11.3. The molecule has 0 unspecified atom stereocenters. The molecule has 0 saturated heterocycles. The Bertz CT molecular complexity index is 871. The van der Waals surface area contributed by atoms with Crippen molar-refractivity contribution in [1.82, 2.24) is 9.97 Å². The van der Waals surface area contributed by atoms with Crippen LogP contribution in [0.1, 0.15) is 15.7 Å². The molecule has 0 radical (unpaired) electrons. The van der Waals surface area contributed by atoms with E-state index in [4.69, 9.17) is 4.42 Å². The van der Waals surface area contributed by atoms with Crippen LogP contribution in [-0.4, -0.2) is 9.97 Å². The molecule has 4 aromatic rings. The zero-order valence-electron chi connectivity index (χ0n) is 11.4. The summed E-state index contributed by atoms with van der Waals surface area (Å²) in [4.78, 5) is 9.15. The molecule has 104 valence electrons. The van der Waals surface area contributed by atoms with E-state index in [1.807, 2.05) is 42.6 Å². The first-order valence-corrected chi connectivity index (χ1v) is 8.38. The zero-order valence-corrected chi connectivity index (χ0v) is 13.0. The smallest absolute Gasteiger partial charge is 0.154 e. The third-order valence-electron chi connectivity index (χ3n) is 3.23. The van der Waals surface area contributed by atoms with E-state index >= 15 is 0 Å². The topological polar surface area (TPSA) is 38.9 Å². The first-order chi connectivity index (χ1) is 10.3. The van der Waals surface area contributed by atoms with Crippen molar-refractivity contribution in [3.05, 3.63) is 56.8 Å². The third kappa shape index (κ3) is 2.50. The number of furan rings is 1. The summed E-state index contributed by atoms with van der Waals surface area (Å²) in [6.45, 7) is 2.02. The molecule has 0 aliphatic carbocycles. The molecule has 4 rings (SSSR count). The lowest BCUT2D eigenvalue weighted by molar-refractivity contribution is 0.629. The summed E-state index contributed by atoms with van der Waals surface area (Å²) in [5.74, 6) is 0.827. The monoisotopic (exact) mass is 312 g/mol. The minimum absolute atomic E-state index is 0.787. The molecule has 21 heavy (non-hydrogen) atoms. The Morgan fingerprint density at radius 3 is 2.81 bits per heavy atom. The summed E-state index contributed by atoms with van der Waals surface area (Å²) in [6.07, 6.45) is 0.787. The van der Waals surface area contributed by atoms with Crippen LogP contribution in [0, 0.1) is 6.92 Å². The van der Waals surface area contributed by atoms with Crippen molar-refractivity contribution in [2.45, 2.75) is 13.3 Å². The van der Waals surface area contributed by atoms with E-state index in [9.17, 15) is 0 Å². The van der Waals surface area contributed by atoms with Gasteiger partial charge in [-0.25, -0.2) is 9.97 Å². The summed E-state index contributed by atoms with van der Waals surface area (Å²) < 4.78 is 5.85. The highest BCUT2D eigenvalue weighted by atomic mass is 32.1. The van der Waals surface area contributed by atoms with Crippen LogP contribution in [0.3, 0.4) is 0 Å². The van der Waals surface area contributed by atoms with E-state index in [1.54, 1.807) is 22.7 Å². The molecule has 3 nitrogen and oxygen atoms in total. The Kier molecular flexibility index (Phi) is 3.09. The van der Waals surface area contributed by atoms with E-state index in [-0.39, 0.29) is 0 Å². The summed E-state index contributed by atoms with van der Waals surface area (Å²) >= 11 is 3.33. The molecule has 0 amide bonds. The Hall–Kier alpha value is -1.98. The summed E-state index contributed by atoms with van der Waals surface area (Å²) in [6, 6.07) is 10.1. The lowest BCUT2D eigenvalue weighted by atomic mass is 10.2. The van der Waals surface area contributed by atoms with Gasteiger partial charge in [0, 0.05) is 22.6 Å². The van der Waals surface area contributed by atoms with Crippen LogP contribution in [-0.2, 0) is 6.42 Å². The van der Waals surface area contributed by atoms with Gasteiger partial charge in [-0.05, 0) is 19.1 Å². The minimum Gasteiger partial charge on any atom is -0.454 e. The highest BCUT2D eigenvalue weighted by Crippen LogP contribution is 2.29. The van der Waals surface area contributed by atoms with Gasteiger partial charge < -0.3 is 4.42 Å². The average molecular weight is 312 g/mol. The molecule has 0 spiro atoms. The minimum atomic E-state index is 0.787. The van der Waals surface area contributed by atoms with Gasteiger partial charge in [-0.2, -0.15) is 0 Å². The first kappa shape index (κ1) is 12.7. The maximum Gasteiger partial charge on any atom is 0.154 e. The van der Waals surface area contributed by atoms with Crippen molar-refractivity contribution in [3.63, 3.8) is 0 Å². The molecule has 1 aromatic carbocycles. The average Bonchev–Trinajstić information content (AvgIpc) is 3.18. The SMILES string of the molecule is Cc1nc(Cc2nc(-c3cc4ccccc4o3)cs2)cs1. The number of nitrogens with zero attached hydrogens (tertiary/aromatic N) is 2. The van der Waals surface area contributed by atoms with Crippen LogP contribution in [0.15, 0.2) is 45.5 Å². The van der Waals surface area contributed by atoms with E-state index in [2.05, 4.69) is 15.3 Å². The van der Waals surface area contributed by atoms with Crippen LogP contribution in [0.4, 0.5) is 0 Å². The van der Waals surface area contributed by atoms with Gasteiger partial charge in [0.05, 0.1) is 15.7 Å². The summed E-state index contributed by atoms with van der Waals surface area (Å²) in [5.41, 5.74) is 2.89. The van der Waals surface area contributed by atoms with E-state index in [1.165, 1.54) is 0 Å². The second kappa shape index (κ2) is 5.09. The molecule has 0 aliphatic heterocycles. The van der Waals surface area contributed by atoms with Gasteiger partial charge in [0.15, 0.2) is 5.76 Å². The number of benzene rings is 1. The largest absolute Gasteiger partial charge is 0.454 e. The maximum atomic E-state index is 5.85.